The Bertz CT molecular complexity index is 574. The molecule has 21 heavy (non-hydrogen) atoms. The molecule has 0 amide bonds. The van der Waals surface area contributed by atoms with Crippen LogP contribution in [0.5, 0.6) is 0 Å². The number of nitrogens with one attached hydrogen (secondary N) is 2. The van der Waals surface area contributed by atoms with Crippen molar-refractivity contribution < 1.29 is 0 Å². The largest absolute Gasteiger partial charge is 0.362 e. The highest BCUT2D eigenvalue weighted by Crippen LogP contribution is 2.07. The Balaban J connectivity index is 2.76. The molecule has 1 aromatic heterocycles. The van der Waals surface area contributed by atoms with Crippen molar-refractivity contribution in [3.8, 4) is 0 Å². The molecule has 1 heterocycles. The Morgan fingerprint density at radius 3 is 2.86 bits per heavy atom. The second-order valence-corrected chi connectivity index (χ2v) is 4.14. The maximum Gasteiger partial charge on any atom is 0.147 e. The lowest BCUT2D eigenvalue weighted by molar-refractivity contribution is 0.928. The number of aromatic nitrogens is 3. The molecule has 0 aliphatic rings. The summed E-state index contributed by atoms with van der Waals surface area (Å²) in [6, 6.07) is 0. The van der Waals surface area contributed by atoms with E-state index in [-0.39, 0.29) is 5.84 Å². The van der Waals surface area contributed by atoms with Crippen LogP contribution >= 0.6 is 0 Å². The van der Waals surface area contributed by atoms with E-state index in [4.69, 9.17) is 5.41 Å². The summed E-state index contributed by atoms with van der Waals surface area (Å²) in [4.78, 5) is 3.81. The zero-order valence-corrected chi connectivity index (χ0v) is 12.5. The van der Waals surface area contributed by atoms with Crippen LogP contribution in [0.3, 0.4) is 0 Å². The van der Waals surface area contributed by atoms with Crippen LogP contribution in [0.15, 0.2) is 73.2 Å². The first-order valence-electron chi connectivity index (χ1n) is 6.74. The number of hydrogen-bond acceptors (Lipinski definition) is 4. The SMILES string of the molecule is C=C(/C=C\C(=N)n1cncn1)/C(=C/C=C/C)N/C=C/CC. The average Bonchev–Trinajstić information content (AvgIpc) is 3.02. The van der Waals surface area contributed by atoms with Gasteiger partial charge in [-0.3, -0.25) is 5.41 Å². The van der Waals surface area contributed by atoms with Gasteiger partial charge in [0.1, 0.15) is 18.5 Å². The molecule has 0 aromatic carbocycles. The van der Waals surface area contributed by atoms with Crippen molar-refractivity contribution in [1.29, 1.82) is 5.41 Å². The normalized spacial score (nSPS) is 12.6. The van der Waals surface area contributed by atoms with Gasteiger partial charge < -0.3 is 5.32 Å². The quantitative estimate of drug-likeness (QED) is 0.459. The van der Waals surface area contributed by atoms with Crippen LogP contribution < -0.4 is 5.32 Å². The van der Waals surface area contributed by atoms with E-state index in [1.807, 2.05) is 37.4 Å². The fourth-order valence-corrected chi connectivity index (χ4v) is 1.39. The molecule has 0 bridgehead atoms. The van der Waals surface area contributed by atoms with Crippen LogP contribution in [0.4, 0.5) is 0 Å². The molecule has 0 unspecified atom stereocenters. The fourth-order valence-electron chi connectivity index (χ4n) is 1.39. The summed E-state index contributed by atoms with van der Waals surface area (Å²) in [6.07, 6.45) is 17.0. The van der Waals surface area contributed by atoms with Crippen LogP contribution in [0.1, 0.15) is 20.3 Å². The molecule has 1 aromatic rings. The van der Waals surface area contributed by atoms with Gasteiger partial charge >= 0.3 is 0 Å². The molecule has 0 aliphatic heterocycles. The van der Waals surface area contributed by atoms with E-state index in [0.717, 1.165) is 17.7 Å². The lowest BCUT2D eigenvalue weighted by Crippen LogP contribution is -2.09. The van der Waals surface area contributed by atoms with Crippen molar-refractivity contribution in [1.82, 2.24) is 20.1 Å². The highest BCUT2D eigenvalue weighted by molar-refractivity contribution is 5.91. The third-order valence-corrected chi connectivity index (χ3v) is 2.50. The minimum absolute atomic E-state index is 0.225. The smallest absolute Gasteiger partial charge is 0.147 e. The van der Waals surface area contributed by atoms with Crippen molar-refractivity contribution in [3.63, 3.8) is 0 Å². The molecule has 2 N–H and O–H groups in total. The fraction of sp³-hybridized carbons (Fsp3) is 0.188. The van der Waals surface area contributed by atoms with Crippen LogP contribution in [0.25, 0.3) is 0 Å². The number of nitrogens with zero attached hydrogens (tertiary/aromatic N) is 3. The van der Waals surface area contributed by atoms with E-state index < -0.39 is 0 Å². The summed E-state index contributed by atoms with van der Waals surface area (Å²) in [5, 5.41) is 14.9. The highest BCUT2D eigenvalue weighted by Gasteiger charge is 1.99. The first kappa shape index (κ1) is 16.4. The first-order valence-corrected chi connectivity index (χ1v) is 6.74. The van der Waals surface area contributed by atoms with Crippen molar-refractivity contribution in [2.75, 3.05) is 0 Å². The molecule has 0 fully saturated rings. The van der Waals surface area contributed by atoms with Gasteiger partial charge in [-0.1, -0.05) is 31.7 Å². The maximum atomic E-state index is 7.85. The van der Waals surface area contributed by atoms with E-state index in [2.05, 4.69) is 28.9 Å². The van der Waals surface area contributed by atoms with Gasteiger partial charge in [0.05, 0.1) is 0 Å². The van der Waals surface area contributed by atoms with Crippen molar-refractivity contribution in [3.05, 3.63) is 73.2 Å². The summed E-state index contributed by atoms with van der Waals surface area (Å²) in [5.74, 6) is 0.225. The van der Waals surface area contributed by atoms with Crippen LogP contribution in [0, 0.1) is 5.41 Å². The summed E-state index contributed by atoms with van der Waals surface area (Å²) in [6.45, 7) is 8.04. The first-order chi connectivity index (χ1) is 10.2. The number of rotatable bonds is 7. The van der Waals surface area contributed by atoms with Gasteiger partial charge in [-0.05, 0) is 43.3 Å². The van der Waals surface area contributed by atoms with Gasteiger partial charge in [-0.2, -0.15) is 5.10 Å². The average molecular weight is 283 g/mol. The molecule has 5 heteroatoms. The zero-order valence-electron chi connectivity index (χ0n) is 12.5. The Labute approximate surface area is 125 Å². The van der Waals surface area contributed by atoms with Gasteiger partial charge in [0.15, 0.2) is 0 Å². The van der Waals surface area contributed by atoms with Gasteiger partial charge in [-0.15, -0.1) is 0 Å². The molecule has 0 saturated carbocycles. The molecular formula is C16H21N5. The van der Waals surface area contributed by atoms with Gasteiger partial charge in [0.2, 0.25) is 0 Å². The lowest BCUT2D eigenvalue weighted by Gasteiger charge is -2.06. The molecule has 0 atom stereocenters. The third kappa shape index (κ3) is 5.86. The number of allylic oxidation sites excluding steroid dienone is 6. The van der Waals surface area contributed by atoms with Gasteiger partial charge in [0.25, 0.3) is 0 Å². The second-order valence-electron chi connectivity index (χ2n) is 4.14. The Morgan fingerprint density at radius 2 is 2.24 bits per heavy atom. The summed E-state index contributed by atoms with van der Waals surface area (Å²) >= 11 is 0. The summed E-state index contributed by atoms with van der Waals surface area (Å²) in [5.41, 5.74) is 1.65. The highest BCUT2D eigenvalue weighted by atomic mass is 15.3. The summed E-state index contributed by atoms with van der Waals surface area (Å²) < 4.78 is 1.38. The predicted octanol–water partition coefficient (Wildman–Crippen LogP) is 3.19. The topological polar surface area (TPSA) is 66.6 Å². The minimum Gasteiger partial charge on any atom is -0.362 e. The van der Waals surface area contributed by atoms with E-state index in [9.17, 15) is 0 Å². The maximum absolute atomic E-state index is 7.85. The summed E-state index contributed by atoms with van der Waals surface area (Å²) in [7, 11) is 0. The van der Waals surface area contributed by atoms with Crippen molar-refractivity contribution in [2.45, 2.75) is 20.3 Å². The lowest BCUT2D eigenvalue weighted by atomic mass is 10.2. The monoisotopic (exact) mass is 283 g/mol. The minimum atomic E-state index is 0.225. The van der Waals surface area contributed by atoms with Crippen LogP contribution in [0.2, 0.25) is 0 Å². The molecule has 0 spiro atoms. The van der Waals surface area contributed by atoms with Crippen molar-refractivity contribution in [2.24, 2.45) is 0 Å². The standard InChI is InChI=1S/C16H21N5/c1-4-6-8-15(19-11-7-5-2)14(3)9-10-16(17)21-13-18-12-20-21/h4,6-13,17,19H,3,5H2,1-2H3/b6-4+,10-9-,11-7+,15-8-,17-16?. The Morgan fingerprint density at radius 1 is 1.43 bits per heavy atom. The molecule has 0 saturated heterocycles. The van der Waals surface area contributed by atoms with E-state index >= 15 is 0 Å². The zero-order chi connectivity index (χ0) is 15.5. The molecule has 5 nitrogen and oxygen atoms in total. The molecule has 0 aliphatic carbocycles. The van der Waals surface area contributed by atoms with Gasteiger partial charge in [-0.25, -0.2) is 9.67 Å². The second kappa shape index (κ2) is 9.25. The van der Waals surface area contributed by atoms with Crippen LogP contribution in [-0.2, 0) is 0 Å². The van der Waals surface area contributed by atoms with E-state index in [1.165, 1.54) is 17.3 Å². The molecule has 0 radical (unpaired) electrons. The third-order valence-electron chi connectivity index (χ3n) is 2.50. The van der Waals surface area contributed by atoms with E-state index in [0.29, 0.717) is 0 Å². The predicted molar refractivity (Wildman–Crippen MR) is 86.9 cm³/mol. The number of hydrogen-bond donors (Lipinski definition) is 2. The van der Waals surface area contributed by atoms with Crippen LogP contribution in [-0.4, -0.2) is 20.6 Å². The Kier molecular flexibility index (Phi) is 7.21. The molecule has 110 valence electrons. The van der Waals surface area contributed by atoms with E-state index in [1.54, 1.807) is 12.2 Å². The Hall–Kier alpha value is -2.69. The van der Waals surface area contributed by atoms with Crippen molar-refractivity contribution >= 4 is 5.84 Å². The van der Waals surface area contributed by atoms with Gasteiger partial charge in [0, 0.05) is 5.70 Å². The molecular weight excluding hydrogens is 262 g/mol. The molecule has 1 rings (SSSR count).